The van der Waals surface area contributed by atoms with E-state index in [2.05, 4.69) is 26.6 Å². The van der Waals surface area contributed by atoms with Crippen molar-refractivity contribution in [1.29, 1.82) is 0 Å². The Hall–Kier alpha value is -2.21. The molecular formula is C20H20BrFN2O2. The summed E-state index contributed by atoms with van der Waals surface area (Å²) >= 11 is 3.40. The number of carbonyl (C=O) groups is 2. The van der Waals surface area contributed by atoms with Crippen molar-refractivity contribution >= 4 is 27.7 Å². The highest BCUT2D eigenvalue weighted by Crippen LogP contribution is 2.48. The summed E-state index contributed by atoms with van der Waals surface area (Å²) in [6.07, 6.45) is 1.80. The summed E-state index contributed by atoms with van der Waals surface area (Å²) in [5.74, 6) is -0.552. The lowest BCUT2D eigenvalue weighted by molar-refractivity contribution is -0.124. The summed E-state index contributed by atoms with van der Waals surface area (Å²) in [7, 11) is 0. The van der Waals surface area contributed by atoms with Gasteiger partial charge in [-0.05, 0) is 48.2 Å². The van der Waals surface area contributed by atoms with Gasteiger partial charge in [0.2, 0.25) is 11.8 Å². The molecule has 2 aromatic carbocycles. The Kier molecular flexibility index (Phi) is 5.71. The molecular weight excluding hydrogens is 399 g/mol. The van der Waals surface area contributed by atoms with Crippen LogP contribution in [0.4, 0.5) is 4.39 Å². The maximum absolute atomic E-state index is 13.1. The molecule has 0 aliphatic heterocycles. The molecule has 1 saturated carbocycles. The van der Waals surface area contributed by atoms with E-state index in [1.165, 1.54) is 12.1 Å². The molecule has 2 aromatic rings. The van der Waals surface area contributed by atoms with E-state index in [0.717, 1.165) is 22.9 Å². The van der Waals surface area contributed by atoms with Crippen molar-refractivity contribution in [1.82, 2.24) is 10.6 Å². The van der Waals surface area contributed by atoms with Gasteiger partial charge in [0.1, 0.15) is 5.82 Å². The van der Waals surface area contributed by atoms with Crippen molar-refractivity contribution in [3.8, 4) is 0 Å². The molecule has 0 unspecified atom stereocenters. The van der Waals surface area contributed by atoms with Crippen LogP contribution >= 0.6 is 15.9 Å². The number of hydrogen-bond donors (Lipinski definition) is 2. The molecule has 1 aliphatic carbocycles. The molecule has 0 aromatic heterocycles. The Morgan fingerprint density at radius 2 is 1.73 bits per heavy atom. The SMILES string of the molecule is O=C(Cc1cccc(F)c1)NCCNC(=O)C1(c2ccc(Br)cc2)CC1. The maximum atomic E-state index is 13.1. The molecule has 1 aliphatic rings. The van der Waals surface area contributed by atoms with Crippen LogP contribution in [0.25, 0.3) is 0 Å². The monoisotopic (exact) mass is 418 g/mol. The summed E-state index contributed by atoms with van der Waals surface area (Å²) in [5, 5.41) is 5.64. The fourth-order valence-electron chi connectivity index (χ4n) is 2.98. The first-order valence-corrected chi connectivity index (χ1v) is 9.34. The second-order valence-electron chi connectivity index (χ2n) is 6.50. The lowest BCUT2D eigenvalue weighted by Crippen LogP contribution is -2.40. The Morgan fingerprint density at radius 3 is 2.38 bits per heavy atom. The van der Waals surface area contributed by atoms with Gasteiger partial charge in [-0.2, -0.15) is 0 Å². The quantitative estimate of drug-likeness (QED) is 0.678. The van der Waals surface area contributed by atoms with Crippen LogP contribution in [0, 0.1) is 5.82 Å². The second kappa shape index (κ2) is 7.99. The van der Waals surface area contributed by atoms with E-state index in [1.807, 2.05) is 24.3 Å². The van der Waals surface area contributed by atoms with Crippen molar-refractivity contribution in [3.05, 3.63) is 69.9 Å². The molecule has 136 valence electrons. The molecule has 6 heteroatoms. The van der Waals surface area contributed by atoms with Gasteiger partial charge in [0.05, 0.1) is 11.8 Å². The third-order valence-corrected chi connectivity index (χ3v) is 5.10. The van der Waals surface area contributed by atoms with Crippen LogP contribution in [-0.2, 0) is 21.4 Å². The van der Waals surface area contributed by atoms with E-state index >= 15 is 0 Å². The molecule has 0 saturated heterocycles. The van der Waals surface area contributed by atoms with Crippen molar-refractivity contribution < 1.29 is 14.0 Å². The number of halogens is 2. The fourth-order valence-corrected chi connectivity index (χ4v) is 3.25. The Bertz CT molecular complexity index is 804. The minimum atomic E-state index is -0.424. The number of amides is 2. The molecule has 0 radical (unpaired) electrons. The molecule has 3 rings (SSSR count). The topological polar surface area (TPSA) is 58.2 Å². The number of benzene rings is 2. The van der Waals surface area contributed by atoms with Crippen LogP contribution in [0.2, 0.25) is 0 Å². The van der Waals surface area contributed by atoms with Gasteiger partial charge in [-0.25, -0.2) is 4.39 Å². The molecule has 2 amide bonds. The summed E-state index contributed by atoms with van der Waals surface area (Å²) < 4.78 is 14.1. The lowest BCUT2D eigenvalue weighted by atomic mass is 9.95. The van der Waals surface area contributed by atoms with E-state index in [1.54, 1.807) is 12.1 Å². The predicted octanol–water partition coefficient (Wildman–Crippen LogP) is 3.09. The van der Waals surface area contributed by atoms with Crippen LogP contribution in [0.3, 0.4) is 0 Å². The first kappa shape index (κ1) is 18.6. The van der Waals surface area contributed by atoms with Gasteiger partial charge >= 0.3 is 0 Å². The van der Waals surface area contributed by atoms with Crippen LogP contribution < -0.4 is 10.6 Å². The Labute approximate surface area is 160 Å². The summed E-state index contributed by atoms with van der Waals surface area (Å²) in [6, 6.07) is 13.8. The van der Waals surface area contributed by atoms with Crippen molar-refractivity contribution in [2.24, 2.45) is 0 Å². The van der Waals surface area contributed by atoms with Crippen LogP contribution in [0.5, 0.6) is 0 Å². The lowest BCUT2D eigenvalue weighted by Gasteiger charge is -2.16. The molecule has 0 atom stereocenters. The average molecular weight is 419 g/mol. The summed E-state index contributed by atoms with van der Waals surface area (Å²) in [5.41, 5.74) is 1.22. The third kappa shape index (κ3) is 4.49. The summed E-state index contributed by atoms with van der Waals surface area (Å²) in [6.45, 7) is 0.711. The van der Waals surface area contributed by atoms with E-state index in [4.69, 9.17) is 0 Å². The highest BCUT2D eigenvalue weighted by atomic mass is 79.9. The highest BCUT2D eigenvalue weighted by Gasteiger charge is 2.50. The average Bonchev–Trinajstić information content (AvgIpc) is 3.41. The first-order chi connectivity index (χ1) is 12.5. The van der Waals surface area contributed by atoms with Gasteiger partial charge in [0, 0.05) is 17.6 Å². The molecule has 4 nitrogen and oxygen atoms in total. The number of carbonyl (C=O) groups excluding carboxylic acids is 2. The molecule has 1 fully saturated rings. The highest BCUT2D eigenvalue weighted by molar-refractivity contribution is 9.10. The Balaban J connectivity index is 1.43. The van der Waals surface area contributed by atoms with E-state index in [-0.39, 0.29) is 24.1 Å². The van der Waals surface area contributed by atoms with E-state index in [0.29, 0.717) is 18.7 Å². The second-order valence-corrected chi connectivity index (χ2v) is 7.42. The standard InChI is InChI=1S/C20H20BrFN2O2/c21-16-6-4-15(5-7-16)20(8-9-20)19(26)24-11-10-23-18(25)13-14-2-1-3-17(22)12-14/h1-7,12H,8-11,13H2,(H,23,25)(H,24,26). The van der Waals surface area contributed by atoms with Gasteiger partial charge < -0.3 is 10.6 Å². The fraction of sp³-hybridized carbons (Fsp3) is 0.300. The third-order valence-electron chi connectivity index (χ3n) is 4.57. The first-order valence-electron chi connectivity index (χ1n) is 8.55. The molecule has 0 heterocycles. The molecule has 0 spiro atoms. The molecule has 2 N–H and O–H groups in total. The van der Waals surface area contributed by atoms with Gasteiger partial charge in [0.15, 0.2) is 0 Å². The van der Waals surface area contributed by atoms with E-state index < -0.39 is 5.41 Å². The van der Waals surface area contributed by atoms with Gasteiger partial charge in [-0.3, -0.25) is 9.59 Å². The number of rotatable bonds is 7. The van der Waals surface area contributed by atoms with Crippen LogP contribution in [0.15, 0.2) is 53.0 Å². The molecule has 26 heavy (non-hydrogen) atoms. The minimum absolute atomic E-state index is 0.000739. The van der Waals surface area contributed by atoms with Crippen LogP contribution in [-0.4, -0.2) is 24.9 Å². The number of hydrogen-bond acceptors (Lipinski definition) is 2. The van der Waals surface area contributed by atoms with Gasteiger partial charge in [-0.1, -0.05) is 40.2 Å². The van der Waals surface area contributed by atoms with E-state index in [9.17, 15) is 14.0 Å². The zero-order chi connectivity index (χ0) is 18.6. The van der Waals surface area contributed by atoms with Crippen molar-refractivity contribution in [2.45, 2.75) is 24.7 Å². The smallest absolute Gasteiger partial charge is 0.230 e. The van der Waals surface area contributed by atoms with Gasteiger partial charge in [0.25, 0.3) is 0 Å². The molecule has 0 bridgehead atoms. The predicted molar refractivity (Wildman–Crippen MR) is 101 cm³/mol. The zero-order valence-corrected chi connectivity index (χ0v) is 15.8. The summed E-state index contributed by atoms with van der Waals surface area (Å²) in [4.78, 5) is 24.4. The van der Waals surface area contributed by atoms with Crippen LogP contribution in [0.1, 0.15) is 24.0 Å². The Morgan fingerprint density at radius 1 is 1.04 bits per heavy atom. The van der Waals surface area contributed by atoms with Crippen molar-refractivity contribution in [3.63, 3.8) is 0 Å². The normalized spacial score (nSPS) is 14.5. The maximum Gasteiger partial charge on any atom is 0.230 e. The largest absolute Gasteiger partial charge is 0.354 e. The minimum Gasteiger partial charge on any atom is -0.354 e. The number of nitrogens with one attached hydrogen (secondary N) is 2. The van der Waals surface area contributed by atoms with Gasteiger partial charge in [-0.15, -0.1) is 0 Å². The zero-order valence-electron chi connectivity index (χ0n) is 14.2. The van der Waals surface area contributed by atoms with Crippen molar-refractivity contribution in [2.75, 3.05) is 13.1 Å².